The van der Waals surface area contributed by atoms with Crippen molar-refractivity contribution >= 4 is 34.7 Å². The Morgan fingerprint density at radius 2 is 1.76 bits per heavy atom. The predicted molar refractivity (Wildman–Crippen MR) is 121 cm³/mol. The molecule has 170 valence electrons. The van der Waals surface area contributed by atoms with E-state index < -0.39 is 23.5 Å². The molecule has 1 amide bonds. The van der Waals surface area contributed by atoms with Crippen molar-refractivity contribution in [3.05, 3.63) is 76.2 Å². The number of carbonyl (C=O) groups excluding carboxylic acids is 2. The number of Topliss-reactive ketones (excluding diaryl/α,β-unsaturated/α-hetero) is 1. The molecule has 4 rings (SSSR count). The molecule has 33 heavy (non-hydrogen) atoms. The first kappa shape index (κ1) is 22.3. The number of ketones is 1. The van der Waals surface area contributed by atoms with Crippen molar-refractivity contribution in [2.75, 3.05) is 19.1 Å². The third kappa shape index (κ3) is 3.68. The molecular formula is C24H20ClNO7. The summed E-state index contributed by atoms with van der Waals surface area (Å²) >= 11 is 6.17. The molecule has 1 fully saturated rings. The molecule has 2 aromatic carbocycles. The van der Waals surface area contributed by atoms with Gasteiger partial charge >= 0.3 is 0 Å². The van der Waals surface area contributed by atoms with Gasteiger partial charge in [0.1, 0.15) is 40.6 Å². The summed E-state index contributed by atoms with van der Waals surface area (Å²) in [6.45, 7) is 1.71. The summed E-state index contributed by atoms with van der Waals surface area (Å²) in [6, 6.07) is 11.1. The lowest BCUT2D eigenvalue weighted by Crippen LogP contribution is -2.29. The van der Waals surface area contributed by atoms with Crippen molar-refractivity contribution in [1.82, 2.24) is 0 Å². The van der Waals surface area contributed by atoms with E-state index in [0.29, 0.717) is 5.76 Å². The molecule has 1 aromatic heterocycles. The van der Waals surface area contributed by atoms with Gasteiger partial charge in [0.15, 0.2) is 0 Å². The molecule has 3 aromatic rings. The molecule has 1 unspecified atom stereocenters. The fraction of sp³-hybridized carbons (Fsp3) is 0.167. The van der Waals surface area contributed by atoms with Crippen LogP contribution in [0.5, 0.6) is 17.2 Å². The van der Waals surface area contributed by atoms with E-state index in [9.17, 15) is 19.8 Å². The summed E-state index contributed by atoms with van der Waals surface area (Å²) in [4.78, 5) is 27.4. The fourth-order valence-electron chi connectivity index (χ4n) is 3.81. The molecule has 2 N–H and O–H groups in total. The van der Waals surface area contributed by atoms with Crippen LogP contribution in [-0.4, -0.2) is 36.1 Å². The van der Waals surface area contributed by atoms with Gasteiger partial charge in [-0.05, 0) is 37.3 Å². The van der Waals surface area contributed by atoms with Gasteiger partial charge in [0, 0.05) is 6.07 Å². The number of halogens is 1. The second-order valence-corrected chi connectivity index (χ2v) is 7.70. The van der Waals surface area contributed by atoms with Crippen molar-refractivity contribution < 1.29 is 33.7 Å². The first-order valence-electron chi connectivity index (χ1n) is 9.85. The molecule has 1 aliphatic heterocycles. The van der Waals surface area contributed by atoms with E-state index in [0.717, 1.165) is 4.90 Å². The number of phenolic OH excluding ortho intramolecular Hbond substituents is 1. The zero-order valence-corrected chi connectivity index (χ0v) is 18.7. The van der Waals surface area contributed by atoms with Crippen molar-refractivity contribution in [3.63, 3.8) is 0 Å². The average Bonchev–Trinajstić information content (AvgIpc) is 3.34. The van der Waals surface area contributed by atoms with Crippen LogP contribution in [0.4, 0.5) is 5.69 Å². The number of nitrogens with zero attached hydrogens (tertiary/aromatic N) is 1. The van der Waals surface area contributed by atoms with Crippen molar-refractivity contribution in [2.24, 2.45) is 0 Å². The van der Waals surface area contributed by atoms with E-state index >= 15 is 0 Å². The van der Waals surface area contributed by atoms with E-state index in [1.54, 1.807) is 31.2 Å². The summed E-state index contributed by atoms with van der Waals surface area (Å²) in [6.07, 6.45) is 0. The molecule has 1 aliphatic rings. The first-order chi connectivity index (χ1) is 15.8. The highest BCUT2D eigenvalue weighted by Gasteiger charge is 2.49. The quantitative estimate of drug-likeness (QED) is 0.319. The number of aromatic hydroxyl groups is 1. The fourth-order valence-corrected chi connectivity index (χ4v) is 4.04. The number of phenols is 1. The number of furan rings is 1. The summed E-state index contributed by atoms with van der Waals surface area (Å²) in [7, 11) is 2.78. The number of hydrogen-bond donors (Lipinski definition) is 2. The summed E-state index contributed by atoms with van der Waals surface area (Å²) in [5, 5.41) is 21.9. The molecule has 9 heteroatoms. The van der Waals surface area contributed by atoms with Gasteiger partial charge in [0.25, 0.3) is 11.7 Å². The van der Waals surface area contributed by atoms with Crippen molar-refractivity contribution in [3.8, 4) is 17.2 Å². The maximum Gasteiger partial charge on any atom is 0.300 e. The summed E-state index contributed by atoms with van der Waals surface area (Å²) < 4.78 is 16.3. The Hall–Kier alpha value is -3.91. The minimum absolute atomic E-state index is 0.0957. The molecule has 0 aliphatic carbocycles. The number of amides is 1. The number of methoxy groups -OCH3 is 2. The normalized spacial score (nSPS) is 17.5. The molecule has 1 atom stereocenters. The van der Waals surface area contributed by atoms with Gasteiger partial charge in [-0.3, -0.25) is 14.5 Å². The minimum Gasteiger partial charge on any atom is -0.507 e. The second-order valence-electron chi connectivity index (χ2n) is 7.29. The number of rotatable bonds is 5. The highest BCUT2D eigenvalue weighted by atomic mass is 35.5. The number of carbonyl (C=O) groups is 2. The SMILES string of the molecule is COc1cc(/C(O)=C2\C(=O)C(=O)N(c3ccccc3O)C2c2ccc(C)o2)c(OC)cc1Cl. The lowest BCUT2D eigenvalue weighted by molar-refractivity contribution is -0.132. The maximum absolute atomic E-state index is 13.2. The largest absolute Gasteiger partial charge is 0.507 e. The Labute approximate surface area is 194 Å². The molecule has 0 spiro atoms. The van der Waals surface area contributed by atoms with Crippen molar-refractivity contribution in [2.45, 2.75) is 13.0 Å². The Kier molecular flexibility index (Phi) is 5.78. The van der Waals surface area contributed by atoms with Crippen LogP contribution in [0.3, 0.4) is 0 Å². The highest BCUT2D eigenvalue weighted by molar-refractivity contribution is 6.52. The smallest absolute Gasteiger partial charge is 0.300 e. The Morgan fingerprint density at radius 1 is 1.06 bits per heavy atom. The molecular weight excluding hydrogens is 450 g/mol. The van der Waals surface area contributed by atoms with Crippen molar-refractivity contribution in [1.29, 1.82) is 0 Å². The Bertz CT molecular complexity index is 1290. The van der Waals surface area contributed by atoms with Gasteiger partial charge in [-0.2, -0.15) is 0 Å². The molecule has 1 saturated heterocycles. The van der Waals surface area contributed by atoms with Gasteiger partial charge in [-0.1, -0.05) is 23.7 Å². The van der Waals surface area contributed by atoms with Gasteiger partial charge in [-0.15, -0.1) is 0 Å². The van der Waals surface area contributed by atoms with E-state index in [1.807, 2.05) is 0 Å². The minimum atomic E-state index is -1.14. The van der Waals surface area contributed by atoms with Crippen LogP contribution in [0.25, 0.3) is 5.76 Å². The van der Waals surface area contributed by atoms with E-state index in [-0.39, 0.29) is 44.9 Å². The van der Waals surface area contributed by atoms with Gasteiger partial charge in [0.2, 0.25) is 0 Å². The summed E-state index contributed by atoms with van der Waals surface area (Å²) in [5.74, 6) is -1.42. The molecule has 0 saturated carbocycles. The van der Waals surface area contributed by atoms with Gasteiger partial charge < -0.3 is 24.1 Å². The van der Waals surface area contributed by atoms with Crippen LogP contribution >= 0.6 is 11.6 Å². The van der Waals surface area contributed by atoms with Crippen LogP contribution in [0, 0.1) is 6.92 Å². The van der Waals surface area contributed by atoms with E-state index in [2.05, 4.69) is 0 Å². The number of ether oxygens (including phenoxy) is 2. The van der Waals surface area contributed by atoms with Gasteiger partial charge in [-0.25, -0.2) is 0 Å². The lowest BCUT2D eigenvalue weighted by Gasteiger charge is -2.24. The lowest BCUT2D eigenvalue weighted by atomic mass is 9.98. The van der Waals surface area contributed by atoms with Gasteiger partial charge in [0.05, 0.1) is 36.1 Å². The number of benzene rings is 2. The zero-order valence-electron chi connectivity index (χ0n) is 18.0. The number of aryl methyl sites for hydroxylation is 1. The number of anilines is 1. The number of aliphatic hydroxyl groups excluding tert-OH is 1. The molecule has 0 bridgehead atoms. The Balaban J connectivity index is 2.00. The van der Waals surface area contributed by atoms with Crippen LogP contribution in [0.15, 0.2) is 58.5 Å². The number of aliphatic hydroxyl groups is 1. The highest BCUT2D eigenvalue weighted by Crippen LogP contribution is 2.46. The molecule has 2 heterocycles. The number of para-hydroxylation sites is 2. The number of hydrogen-bond acceptors (Lipinski definition) is 7. The van der Waals surface area contributed by atoms with Crippen LogP contribution in [0.1, 0.15) is 23.1 Å². The van der Waals surface area contributed by atoms with E-state index in [1.165, 1.54) is 38.5 Å². The van der Waals surface area contributed by atoms with Crippen LogP contribution in [0.2, 0.25) is 5.02 Å². The average molecular weight is 470 g/mol. The molecule has 0 radical (unpaired) electrons. The molecule has 8 nitrogen and oxygen atoms in total. The third-order valence-electron chi connectivity index (χ3n) is 5.35. The third-order valence-corrected chi connectivity index (χ3v) is 5.64. The second kappa shape index (κ2) is 8.55. The standard InChI is InChI=1S/C24H20ClNO7/c1-12-8-9-17(33-12)21-20(22(28)13-10-19(32-3)14(25)11-18(13)31-2)23(29)24(30)26(21)15-6-4-5-7-16(15)27/h4-11,21,27-28H,1-3H3/b22-20+. The zero-order chi connectivity index (χ0) is 23.9. The Morgan fingerprint density at radius 3 is 2.36 bits per heavy atom. The summed E-state index contributed by atoms with van der Waals surface area (Å²) in [5.41, 5.74) is -0.0408. The first-order valence-corrected chi connectivity index (χ1v) is 10.2. The monoisotopic (exact) mass is 469 g/mol. The maximum atomic E-state index is 13.2. The topological polar surface area (TPSA) is 109 Å². The van der Waals surface area contributed by atoms with E-state index in [4.69, 9.17) is 25.5 Å². The van der Waals surface area contributed by atoms with Crippen LogP contribution < -0.4 is 14.4 Å². The predicted octanol–water partition coefficient (Wildman–Crippen LogP) is 4.59. The van der Waals surface area contributed by atoms with Crippen LogP contribution in [-0.2, 0) is 9.59 Å².